The number of hydrogen-bond donors (Lipinski definition) is 2. The quantitative estimate of drug-likeness (QED) is 0.850. The van der Waals surface area contributed by atoms with Gasteiger partial charge in [-0.3, -0.25) is 9.59 Å². The van der Waals surface area contributed by atoms with Gasteiger partial charge in [0.25, 0.3) is 5.91 Å². The van der Waals surface area contributed by atoms with Crippen molar-refractivity contribution in [2.24, 2.45) is 5.92 Å². The molecule has 2 heterocycles. The van der Waals surface area contributed by atoms with Crippen LogP contribution in [0.4, 0.5) is 11.6 Å². The van der Waals surface area contributed by atoms with Crippen molar-refractivity contribution < 1.29 is 9.59 Å². The van der Waals surface area contributed by atoms with E-state index in [0.29, 0.717) is 11.5 Å². The lowest BCUT2D eigenvalue weighted by molar-refractivity contribution is -0.117. The van der Waals surface area contributed by atoms with Crippen LogP contribution in [0.15, 0.2) is 30.5 Å². The number of aromatic nitrogens is 2. The molecule has 2 aromatic rings. The summed E-state index contributed by atoms with van der Waals surface area (Å²) in [5, 5.41) is 6.10. The van der Waals surface area contributed by atoms with Crippen molar-refractivity contribution >= 4 is 23.5 Å². The van der Waals surface area contributed by atoms with Gasteiger partial charge in [0.1, 0.15) is 0 Å². The number of anilines is 2. The highest BCUT2D eigenvalue weighted by molar-refractivity contribution is 5.97. The standard InChI is InChI=1S/C21H27N5O2/c1-6-17-13(3)19(25-21-23-10-9-12(2)24-21)16-11-15(20(28)22-5)7-8-18(16)26(17)14(4)27/h7-11,13,17,19H,6H2,1-5H3,(H,22,28)(H,23,24,25)/t13-,17-,19?/m0/s1. The van der Waals surface area contributed by atoms with E-state index in [0.717, 1.165) is 23.4 Å². The summed E-state index contributed by atoms with van der Waals surface area (Å²) >= 11 is 0. The van der Waals surface area contributed by atoms with Gasteiger partial charge in [-0.15, -0.1) is 0 Å². The Labute approximate surface area is 165 Å². The summed E-state index contributed by atoms with van der Waals surface area (Å²) in [4.78, 5) is 35.3. The SMILES string of the molecule is CC[C@H]1[C@H](C)C(Nc2nccc(C)n2)c2cc(C(=O)NC)ccc2N1C(C)=O. The van der Waals surface area contributed by atoms with Gasteiger partial charge in [-0.25, -0.2) is 9.97 Å². The third-order valence-corrected chi connectivity index (χ3v) is 5.41. The molecule has 0 bridgehead atoms. The number of fused-ring (bicyclic) bond motifs is 1. The summed E-state index contributed by atoms with van der Waals surface area (Å²) in [5.74, 6) is 0.482. The summed E-state index contributed by atoms with van der Waals surface area (Å²) in [7, 11) is 1.61. The molecule has 148 valence electrons. The summed E-state index contributed by atoms with van der Waals surface area (Å²) in [6.07, 6.45) is 2.55. The van der Waals surface area contributed by atoms with Crippen molar-refractivity contribution in [2.75, 3.05) is 17.3 Å². The van der Waals surface area contributed by atoms with Gasteiger partial charge >= 0.3 is 0 Å². The number of amides is 2. The molecule has 1 aliphatic rings. The minimum atomic E-state index is -0.159. The normalized spacial score (nSPS) is 21.0. The van der Waals surface area contributed by atoms with Crippen LogP contribution in [-0.4, -0.2) is 34.9 Å². The number of benzene rings is 1. The Kier molecular flexibility index (Phi) is 5.63. The number of carbonyl (C=O) groups is 2. The van der Waals surface area contributed by atoms with Gasteiger partial charge in [0.05, 0.1) is 6.04 Å². The highest BCUT2D eigenvalue weighted by Gasteiger charge is 2.40. The molecule has 0 fully saturated rings. The van der Waals surface area contributed by atoms with Gasteiger partial charge in [-0.2, -0.15) is 0 Å². The van der Waals surface area contributed by atoms with Crippen LogP contribution < -0.4 is 15.5 Å². The Hall–Kier alpha value is -2.96. The number of aryl methyl sites for hydroxylation is 1. The van der Waals surface area contributed by atoms with Gasteiger partial charge in [-0.05, 0) is 43.2 Å². The average molecular weight is 381 g/mol. The van der Waals surface area contributed by atoms with Crippen LogP contribution in [0.25, 0.3) is 0 Å². The molecule has 1 unspecified atom stereocenters. The van der Waals surface area contributed by atoms with Crippen molar-refractivity contribution in [3.8, 4) is 0 Å². The molecule has 3 rings (SSSR count). The zero-order chi connectivity index (χ0) is 20.4. The van der Waals surface area contributed by atoms with Crippen LogP contribution in [0.2, 0.25) is 0 Å². The van der Waals surface area contributed by atoms with Gasteiger partial charge in [-0.1, -0.05) is 13.8 Å². The first-order valence-corrected chi connectivity index (χ1v) is 9.59. The molecule has 0 spiro atoms. The predicted octanol–water partition coefficient (Wildman–Crippen LogP) is 3.08. The van der Waals surface area contributed by atoms with Crippen molar-refractivity contribution in [3.05, 3.63) is 47.3 Å². The van der Waals surface area contributed by atoms with Crippen LogP contribution in [0.3, 0.4) is 0 Å². The Morgan fingerprint density at radius 2 is 2.00 bits per heavy atom. The lowest BCUT2D eigenvalue weighted by atomic mass is 9.80. The van der Waals surface area contributed by atoms with Crippen LogP contribution in [0, 0.1) is 12.8 Å². The van der Waals surface area contributed by atoms with Gasteiger partial charge in [0.2, 0.25) is 11.9 Å². The van der Waals surface area contributed by atoms with Gasteiger partial charge < -0.3 is 15.5 Å². The number of hydrogen-bond acceptors (Lipinski definition) is 5. The second-order valence-electron chi connectivity index (χ2n) is 7.22. The van der Waals surface area contributed by atoms with E-state index < -0.39 is 0 Å². The zero-order valence-electron chi connectivity index (χ0n) is 17.0. The maximum Gasteiger partial charge on any atom is 0.251 e. The van der Waals surface area contributed by atoms with E-state index >= 15 is 0 Å². The second-order valence-corrected chi connectivity index (χ2v) is 7.22. The molecule has 0 saturated heterocycles. The molecule has 2 amide bonds. The monoisotopic (exact) mass is 381 g/mol. The molecule has 0 radical (unpaired) electrons. The van der Waals surface area contributed by atoms with E-state index in [9.17, 15) is 9.59 Å². The van der Waals surface area contributed by atoms with Crippen LogP contribution in [0.5, 0.6) is 0 Å². The van der Waals surface area contributed by atoms with Crippen molar-refractivity contribution in [3.63, 3.8) is 0 Å². The van der Waals surface area contributed by atoms with Crippen LogP contribution >= 0.6 is 0 Å². The average Bonchev–Trinajstić information content (AvgIpc) is 2.68. The second kappa shape index (κ2) is 7.96. The first kappa shape index (κ1) is 19.8. The Balaban J connectivity index is 2.13. The minimum absolute atomic E-state index is 0.00195. The fourth-order valence-electron chi connectivity index (χ4n) is 4.05. The van der Waals surface area contributed by atoms with Gasteiger partial charge in [0, 0.05) is 49.1 Å². The molecule has 0 aliphatic carbocycles. The molecular weight excluding hydrogens is 354 g/mol. The molecule has 0 saturated carbocycles. The maximum absolute atomic E-state index is 12.5. The Bertz CT molecular complexity index is 898. The highest BCUT2D eigenvalue weighted by atomic mass is 16.2. The predicted molar refractivity (Wildman–Crippen MR) is 109 cm³/mol. The van der Waals surface area contributed by atoms with E-state index in [-0.39, 0.29) is 29.8 Å². The Morgan fingerprint density at radius 3 is 2.61 bits per heavy atom. The lowest BCUT2D eigenvalue weighted by Crippen LogP contribution is -2.49. The first-order chi connectivity index (χ1) is 13.4. The minimum Gasteiger partial charge on any atom is -0.355 e. The molecular formula is C21H27N5O2. The molecule has 7 nitrogen and oxygen atoms in total. The molecule has 7 heteroatoms. The molecule has 28 heavy (non-hydrogen) atoms. The van der Waals surface area contributed by atoms with E-state index in [4.69, 9.17) is 0 Å². The fourth-order valence-corrected chi connectivity index (χ4v) is 4.05. The largest absolute Gasteiger partial charge is 0.355 e. The molecule has 1 aliphatic heterocycles. The third-order valence-electron chi connectivity index (χ3n) is 5.41. The van der Waals surface area contributed by atoms with Crippen molar-refractivity contribution in [2.45, 2.75) is 46.2 Å². The Morgan fingerprint density at radius 1 is 1.25 bits per heavy atom. The number of nitrogens with zero attached hydrogens (tertiary/aromatic N) is 3. The number of carbonyl (C=O) groups excluding carboxylic acids is 2. The maximum atomic E-state index is 12.5. The van der Waals surface area contributed by atoms with Crippen molar-refractivity contribution in [1.29, 1.82) is 0 Å². The van der Waals surface area contributed by atoms with Crippen LogP contribution in [-0.2, 0) is 4.79 Å². The van der Waals surface area contributed by atoms with E-state index in [1.54, 1.807) is 26.2 Å². The summed E-state index contributed by atoms with van der Waals surface area (Å²) < 4.78 is 0. The highest BCUT2D eigenvalue weighted by Crippen LogP contribution is 2.43. The topological polar surface area (TPSA) is 87.2 Å². The summed E-state index contributed by atoms with van der Waals surface area (Å²) in [5.41, 5.74) is 3.16. The van der Waals surface area contributed by atoms with E-state index in [1.165, 1.54) is 0 Å². The third kappa shape index (κ3) is 3.56. The van der Waals surface area contributed by atoms with E-state index in [2.05, 4.69) is 34.4 Å². The number of nitrogens with one attached hydrogen (secondary N) is 2. The van der Waals surface area contributed by atoms with Crippen molar-refractivity contribution in [1.82, 2.24) is 15.3 Å². The summed E-state index contributed by atoms with van der Waals surface area (Å²) in [6, 6.07) is 7.25. The van der Waals surface area contributed by atoms with Gasteiger partial charge in [0.15, 0.2) is 0 Å². The number of rotatable bonds is 4. The summed E-state index contributed by atoms with van der Waals surface area (Å²) in [6.45, 7) is 7.71. The molecule has 2 N–H and O–H groups in total. The molecule has 3 atom stereocenters. The first-order valence-electron chi connectivity index (χ1n) is 9.59. The van der Waals surface area contributed by atoms with E-state index in [1.807, 2.05) is 30.0 Å². The molecule has 1 aromatic carbocycles. The fraction of sp³-hybridized carbons (Fsp3) is 0.429. The smallest absolute Gasteiger partial charge is 0.251 e. The lowest BCUT2D eigenvalue weighted by Gasteiger charge is -2.45. The van der Waals surface area contributed by atoms with Crippen LogP contribution in [0.1, 0.15) is 54.8 Å². The zero-order valence-corrected chi connectivity index (χ0v) is 17.0. The molecule has 1 aromatic heterocycles.